The van der Waals surface area contributed by atoms with Crippen LogP contribution < -0.4 is 5.32 Å². The quantitative estimate of drug-likeness (QED) is 0.788. The van der Waals surface area contributed by atoms with Crippen LogP contribution in [-0.2, 0) is 9.47 Å². The van der Waals surface area contributed by atoms with Gasteiger partial charge in [0.1, 0.15) is 17.4 Å². The largest absolute Gasteiger partial charge is 0.459 e. The molecule has 0 spiro atoms. The van der Waals surface area contributed by atoms with Crippen molar-refractivity contribution in [3.05, 3.63) is 35.6 Å². The Bertz CT molecular complexity index is 544. The highest BCUT2D eigenvalue weighted by atomic mass is 16.7. The summed E-state index contributed by atoms with van der Waals surface area (Å²) in [6.07, 6.45) is -0.351. The van der Waals surface area contributed by atoms with Crippen molar-refractivity contribution in [1.82, 2.24) is 5.32 Å². The predicted octanol–water partition coefficient (Wildman–Crippen LogP) is 3.40. The molecular formula is C16H23NO3. The van der Waals surface area contributed by atoms with Gasteiger partial charge in [0.05, 0.1) is 0 Å². The molecule has 1 N–H and O–H groups in total. The number of fused-ring (bicyclic) bond motifs is 1. The van der Waals surface area contributed by atoms with E-state index in [1.54, 1.807) is 0 Å². The Morgan fingerprint density at radius 1 is 1.20 bits per heavy atom. The third kappa shape index (κ3) is 3.03. The highest BCUT2D eigenvalue weighted by Crippen LogP contribution is 2.29. The molecule has 0 bridgehead atoms. The lowest BCUT2D eigenvalue weighted by atomic mass is 10.1. The molecule has 1 heterocycles. The Hall–Kier alpha value is -1.36. The zero-order valence-electron chi connectivity index (χ0n) is 12.6. The molecule has 4 heteroatoms. The lowest BCUT2D eigenvalue weighted by Crippen LogP contribution is -2.33. The Morgan fingerprint density at radius 3 is 2.45 bits per heavy atom. The maximum absolute atomic E-state index is 6.00. The summed E-state index contributed by atoms with van der Waals surface area (Å²) in [7, 11) is 1.88. The van der Waals surface area contributed by atoms with Crippen LogP contribution in [0.3, 0.4) is 0 Å². The highest BCUT2D eigenvalue weighted by molar-refractivity contribution is 5.81. The second-order valence-corrected chi connectivity index (χ2v) is 4.69. The zero-order valence-corrected chi connectivity index (χ0v) is 12.6. The molecule has 1 aromatic carbocycles. The molecule has 1 atom stereocenters. The van der Waals surface area contributed by atoms with Gasteiger partial charge in [0.25, 0.3) is 0 Å². The number of benzene rings is 1. The minimum atomic E-state index is -0.351. The van der Waals surface area contributed by atoms with Crippen molar-refractivity contribution in [2.24, 2.45) is 0 Å². The van der Waals surface area contributed by atoms with Crippen LogP contribution in [0.5, 0.6) is 0 Å². The van der Waals surface area contributed by atoms with Gasteiger partial charge in [-0.05, 0) is 39.4 Å². The number of rotatable bonds is 7. The number of furan rings is 1. The molecule has 20 heavy (non-hydrogen) atoms. The smallest absolute Gasteiger partial charge is 0.179 e. The van der Waals surface area contributed by atoms with Crippen LogP contribution in [0.15, 0.2) is 28.7 Å². The van der Waals surface area contributed by atoms with Crippen molar-refractivity contribution in [2.75, 3.05) is 20.3 Å². The fourth-order valence-electron chi connectivity index (χ4n) is 2.36. The number of ether oxygens (including phenoxy) is 2. The van der Waals surface area contributed by atoms with Gasteiger partial charge in [0.15, 0.2) is 6.29 Å². The van der Waals surface area contributed by atoms with Crippen molar-refractivity contribution in [3.63, 3.8) is 0 Å². The third-order valence-electron chi connectivity index (χ3n) is 3.31. The first-order valence-corrected chi connectivity index (χ1v) is 7.10. The molecule has 0 aliphatic carbocycles. The van der Waals surface area contributed by atoms with Crippen LogP contribution in [-0.4, -0.2) is 26.6 Å². The average molecular weight is 277 g/mol. The predicted molar refractivity (Wildman–Crippen MR) is 79.8 cm³/mol. The zero-order chi connectivity index (χ0) is 14.5. The van der Waals surface area contributed by atoms with E-state index in [4.69, 9.17) is 13.9 Å². The summed E-state index contributed by atoms with van der Waals surface area (Å²) in [6, 6.07) is 8.06. The van der Waals surface area contributed by atoms with Gasteiger partial charge in [-0.15, -0.1) is 0 Å². The molecule has 0 fully saturated rings. The third-order valence-corrected chi connectivity index (χ3v) is 3.31. The Kier molecular flexibility index (Phi) is 5.17. The van der Waals surface area contributed by atoms with E-state index in [0.29, 0.717) is 13.2 Å². The summed E-state index contributed by atoms with van der Waals surface area (Å²) in [5, 5.41) is 4.33. The summed E-state index contributed by atoms with van der Waals surface area (Å²) in [6.45, 7) is 7.17. The Labute approximate surface area is 120 Å². The second kappa shape index (κ2) is 6.88. The molecule has 2 aromatic rings. The molecule has 0 saturated heterocycles. The maximum Gasteiger partial charge on any atom is 0.179 e. The number of hydrogen-bond donors (Lipinski definition) is 1. The number of para-hydroxylation sites is 1. The van der Waals surface area contributed by atoms with Crippen molar-refractivity contribution >= 4 is 11.0 Å². The summed E-state index contributed by atoms with van der Waals surface area (Å²) in [5.41, 5.74) is 2.06. The number of aryl methyl sites for hydroxylation is 1. The van der Waals surface area contributed by atoms with E-state index in [1.165, 1.54) is 0 Å². The van der Waals surface area contributed by atoms with Crippen LogP contribution in [0.25, 0.3) is 11.0 Å². The minimum Gasteiger partial charge on any atom is -0.459 e. The second-order valence-electron chi connectivity index (χ2n) is 4.69. The van der Waals surface area contributed by atoms with Crippen molar-refractivity contribution in [3.8, 4) is 0 Å². The van der Waals surface area contributed by atoms with Crippen LogP contribution in [0.4, 0.5) is 0 Å². The van der Waals surface area contributed by atoms with Crippen molar-refractivity contribution in [1.29, 1.82) is 0 Å². The van der Waals surface area contributed by atoms with E-state index >= 15 is 0 Å². The van der Waals surface area contributed by atoms with Gasteiger partial charge >= 0.3 is 0 Å². The summed E-state index contributed by atoms with van der Waals surface area (Å²) in [4.78, 5) is 0. The van der Waals surface area contributed by atoms with E-state index in [-0.39, 0.29) is 12.3 Å². The van der Waals surface area contributed by atoms with E-state index in [1.807, 2.05) is 40.0 Å². The van der Waals surface area contributed by atoms with Gasteiger partial charge in [-0.3, -0.25) is 0 Å². The number of likely N-dealkylation sites (N-methyl/N-ethyl adjacent to an activating group) is 1. The first-order chi connectivity index (χ1) is 9.71. The van der Waals surface area contributed by atoms with Gasteiger partial charge in [-0.25, -0.2) is 0 Å². The summed E-state index contributed by atoms with van der Waals surface area (Å²) < 4.78 is 17.3. The van der Waals surface area contributed by atoms with Gasteiger partial charge in [-0.1, -0.05) is 18.2 Å². The SMILES string of the molecule is CCOC(OCC)C(NC)c1cc2cccc(C)c2o1. The lowest BCUT2D eigenvalue weighted by molar-refractivity contribution is -0.156. The highest BCUT2D eigenvalue weighted by Gasteiger charge is 2.26. The monoisotopic (exact) mass is 277 g/mol. The van der Waals surface area contributed by atoms with Gasteiger partial charge in [-0.2, -0.15) is 0 Å². The van der Waals surface area contributed by atoms with Crippen LogP contribution in [0.1, 0.15) is 31.2 Å². The molecule has 0 aliphatic heterocycles. The molecule has 2 rings (SSSR count). The van der Waals surface area contributed by atoms with Gasteiger partial charge in [0.2, 0.25) is 0 Å². The number of hydrogen-bond acceptors (Lipinski definition) is 4. The molecular weight excluding hydrogens is 254 g/mol. The Balaban J connectivity index is 2.34. The molecule has 4 nitrogen and oxygen atoms in total. The average Bonchev–Trinajstić information content (AvgIpc) is 2.85. The number of nitrogens with one attached hydrogen (secondary N) is 1. The molecule has 1 aromatic heterocycles. The molecule has 110 valence electrons. The molecule has 0 radical (unpaired) electrons. The van der Waals surface area contributed by atoms with Crippen LogP contribution in [0, 0.1) is 6.92 Å². The molecule has 0 saturated carbocycles. The first kappa shape index (κ1) is 15.0. The van der Waals surface area contributed by atoms with Crippen LogP contribution >= 0.6 is 0 Å². The molecule has 0 aliphatic rings. The summed E-state index contributed by atoms with van der Waals surface area (Å²) >= 11 is 0. The fraction of sp³-hybridized carbons (Fsp3) is 0.500. The van der Waals surface area contributed by atoms with Crippen molar-refractivity contribution in [2.45, 2.75) is 33.1 Å². The molecule has 1 unspecified atom stereocenters. The van der Waals surface area contributed by atoms with E-state index < -0.39 is 0 Å². The van der Waals surface area contributed by atoms with Crippen LogP contribution in [0.2, 0.25) is 0 Å². The minimum absolute atomic E-state index is 0.123. The standard InChI is InChI=1S/C16H23NO3/c1-5-18-16(19-6-2)14(17-4)13-10-12-9-7-8-11(3)15(12)20-13/h7-10,14,16-17H,5-6H2,1-4H3. The first-order valence-electron chi connectivity index (χ1n) is 7.10. The van der Waals surface area contributed by atoms with E-state index in [0.717, 1.165) is 22.3 Å². The lowest BCUT2D eigenvalue weighted by Gasteiger charge is -2.24. The van der Waals surface area contributed by atoms with Gasteiger partial charge in [0, 0.05) is 18.6 Å². The van der Waals surface area contributed by atoms with E-state index in [2.05, 4.69) is 17.4 Å². The fourth-order valence-corrected chi connectivity index (χ4v) is 2.36. The van der Waals surface area contributed by atoms with E-state index in [9.17, 15) is 0 Å². The molecule has 0 amide bonds. The maximum atomic E-state index is 6.00. The summed E-state index contributed by atoms with van der Waals surface area (Å²) in [5.74, 6) is 0.837. The van der Waals surface area contributed by atoms with Crippen molar-refractivity contribution < 1.29 is 13.9 Å². The topological polar surface area (TPSA) is 43.6 Å². The normalized spacial score (nSPS) is 13.2. The van der Waals surface area contributed by atoms with Gasteiger partial charge < -0.3 is 19.2 Å². The Morgan fingerprint density at radius 2 is 1.90 bits per heavy atom.